The van der Waals surface area contributed by atoms with Crippen molar-refractivity contribution in [1.29, 1.82) is 0 Å². The molecule has 2 rings (SSSR count). The van der Waals surface area contributed by atoms with E-state index < -0.39 is 0 Å². The SMILES string of the molecule is CC(=O)N(CC(=O)NCCc1ccccc1)c1ccc(C)c(C)c1. The van der Waals surface area contributed by atoms with E-state index in [1.54, 1.807) is 0 Å². The van der Waals surface area contributed by atoms with Crippen LogP contribution in [-0.4, -0.2) is 24.9 Å². The number of amides is 2. The summed E-state index contributed by atoms with van der Waals surface area (Å²) < 4.78 is 0. The van der Waals surface area contributed by atoms with Crippen LogP contribution in [0.4, 0.5) is 5.69 Å². The normalized spacial score (nSPS) is 10.3. The predicted molar refractivity (Wildman–Crippen MR) is 97.1 cm³/mol. The molecule has 2 amide bonds. The van der Waals surface area contributed by atoms with Crippen molar-refractivity contribution >= 4 is 17.5 Å². The second kappa shape index (κ2) is 8.29. The Morgan fingerprint density at radius 2 is 1.71 bits per heavy atom. The van der Waals surface area contributed by atoms with Gasteiger partial charge in [0, 0.05) is 19.2 Å². The van der Waals surface area contributed by atoms with Gasteiger partial charge in [0.2, 0.25) is 11.8 Å². The summed E-state index contributed by atoms with van der Waals surface area (Å²) in [5.41, 5.74) is 4.19. The first kappa shape index (κ1) is 17.7. The van der Waals surface area contributed by atoms with Crippen LogP contribution in [-0.2, 0) is 16.0 Å². The fraction of sp³-hybridized carbons (Fsp3) is 0.300. The van der Waals surface area contributed by atoms with Gasteiger partial charge in [0.25, 0.3) is 0 Å². The van der Waals surface area contributed by atoms with E-state index in [9.17, 15) is 9.59 Å². The highest BCUT2D eigenvalue weighted by molar-refractivity contribution is 5.97. The Morgan fingerprint density at radius 3 is 2.33 bits per heavy atom. The molecule has 2 aromatic carbocycles. The Morgan fingerprint density at radius 1 is 1.00 bits per heavy atom. The molecule has 4 heteroatoms. The Hall–Kier alpha value is -2.62. The molecule has 0 saturated carbocycles. The number of nitrogens with zero attached hydrogens (tertiary/aromatic N) is 1. The summed E-state index contributed by atoms with van der Waals surface area (Å²) in [6, 6.07) is 15.8. The van der Waals surface area contributed by atoms with E-state index in [0.29, 0.717) is 6.54 Å². The minimum atomic E-state index is -0.153. The number of carbonyl (C=O) groups excluding carboxylic acids is 2. The second-order valence-electron chi connectivity index (χ2n) is 5.96. The van der Waals surface area contributed by atoms with Gasteiger partial charge in [0.15, 0.2) is 0 Å². The van der Waals surface area contributed by atoms with E-state index in [2.05, 4.69) is 5.32 Å². The molecule has 0 saturated heterocycles. The molecule has 4 nitrogen and oxygen atoms in total. The molecule has 0 aliphatic carbocycles. The molecule has 0 fully saturated rings. The van der Waals surface area contributed by atoms with Gasteiger partial charge in [-0.15, -0.1) is 0 Å². The van der Waals surface area contributed by atoms with Gasteiger partial charge in [-0.1, -0.05) is 36.4 Å². The lowest BCUT2D eigenvalue weighted by molar-refractivity contribution is -0.123. The Labute approximate surface area is 143 Å². The van der Waals surface area contributed by atoms with Crippen molar-refractivity contribution in [2.75, 3.05) is 18.0 Å². The molecule has 1 N–H and O–H groups in total. The third kappa shape index (κ3) is 4.95. The summed E-state index contributed by atoms with van der Waals surface area (Å²) in [6.45, 7) is 6.09. The Balaban J connectivity index is 1.93. The second-order valence-corrected chi connectivity index (χ2v) is 5.96. The largest absolute Gasteiger partial charge is 0.354 e. The molecule has 0 aromatic heterocycles. The fourth-order valence-electron chi connectivity index (χ4n) is 2.47. The molecule has 0 bridgehead atoms. The minimum absolute atomic E-state index is 0.0343. The van der Waals surface area contributed by atoms with E-state index in [0.717, 1.165) is 23.2 Å². The quantitative estimate of drug-likeness (QED) is 0.888. The summed E-state index contributed by atoms with van der Waals surface area (Å²) in [7, 11) is 0. The molecule has 0 atom stereocenters. The maximum Gasteiger partial charge on any atom is 0.240 e. The van der Waals surface area contributed by atoms with Gasteiger partial charge in [0.1, 0.15) is 6.54 Å². The fourth-order valence-corrected chi connectivity index (χ4v) is 2.47. The standard InChI is InChI=1S/C20H24N2O2/c1-15-9-10-19(13-16(15)2)22(17(3)23)14-20(24)21-12-11-18-7-5-4-6-8-18/h4-10,13H,11-12,14H2,1-3H3,(H,21,24). The highest BCUT2D eigenvalue weighted by Crippen LogP contribution is 2.18. The van der Waals surface area contributed by atoms with Crippen molar-refractivity contribution in [3.8, 4) is 0 Å². The van der Waals surface area contributed by atoms with Gasteiger partial charge in [0.05, 0.1) is 0 Å². The zero-order valence-corrected chi connectivity index (χ0v) is 14.5. The van der Waals surface area contributed by atoms with Crippen molar-refractivity contribution in [2.24, 2.45) is 0 Å². The molecule has 0 aliphatic rings. The smallest absolute Gasteiger partial charge is 0.240 e. The minimum Gasteiger partial charge on any atom is -0.354 e. The Bertz CT molecular complexity index is 711. The van der Waals surface area contributed by atoms with Crippen molar-refractivity contribution in [1.82, 2.24) is 5.32 Å². The number of anilines is 1. The molecular formula is C20H24N2O2. The topological polar surface area (TPSA) is 49.4 Å². The summed E-state index contributed by atoms with van der Waals surface area (Å²) in [5, 5.41) is 2.88. The van der Waals surface area contributed by atoms with E-state index in [1.165, 1.54) is 17.4 Å². The average Bonchev–Trinajstić information content (AvgIpc) is 2.56. The average molecular weight is 324 g/mol. The van der Waals surface area contributed by atoms with Crippen LogP contribution in [0.2, 0.25) is 0 Å². The number of benzene rings is 2. The molecular weight excluding hydrogens is 300 g/mol. The van der Waals surface area contributed by atoms with E-state index >= 15 is 0 Å². The van der Waals surface area contributed by atoms with Crippen LogP contribution in [0.1, 0.15) is 23.6 Å². The number of rotatable bonds is 6. The van der Waals surface area contributed by atoms with Crippen molar-refractivity contribution in [3.63, 3.8) is 0 Å². The molecule has 2 aromatic rings. The highest BCUT2D eigenvalue weighted by Gasteiger charge is 2.16. The molecule has 0 spiro atoms. The van der Waals surface area contributed by atoms with Crippen molar-refractivity contribution in [3.05, 3.63) is 65.2 Å². The summed E-state index contributed by atoms with van der Waals surface area (Å²) >= 11 is 0. The molecule has 0 unspecified atom stereocenters. The van der Waals surface area contributed by atoms with E-state index in [1.807, 2.05) is 62.4 Å². The summed E-state index contributed by atoms with van der Waals surface area (Å²) in [6.07, 6.45) is 0.774. The Kier molecular flexibility index (Phi) is 6.13. The first-order valence-electron chi connectivity index (χ1n) is 8.13. The lowest BCUT2D eigenvalue weighted by Gasteiger charge is -2.21. The van der Waals surface area contributed by atoms with Crippen LogP contribution >= 0.6 is 0 Å². The van der Waals surface area contributed by atoms with Crippen LogP contribution in [0.5, 0.6) is 0 Å². The van der Waals surface area contributed by atoms with Crippen molar-refractivity contribution < 1.29 is 9.59 Å². The predicted octanol–water partition coefficient (Wildman–Crippen LogP) is 3.02. The van der Waals surface area contributed by atoms with Gasteiger partial charge in [-0.2, -0.15) is 0 Å². The van der Waals surface area contributed by atoms with Crippen LogP contribution in [0.15, 0.2) is 48.5 Å². The molecule has 126 valence electrons. The van der Waals surface area contributed by atoms with E-state index in [4.69, 9.17) is 0 Å². The van der Waals surface area contributed by atoms with E-state index in [-0.39, 0.29) is 18.4 Å². The van der Waals surface area contributed by atoms with Crippen molar-refractivity contribution in [2.45, 2.75) is 27.2 Å². The molecule has 0 heterocycles. The third-order valence-electron chi connectivity index (χ3n) is 4.06. The number of hydrogen-bond donors (Lipinski definition) is 1. The zero-order chi connectivity index (χ0) is 17.5. The van der Waals surface area contributed by atoms with Gasteiger partial charge in [-0.3, -0.25) is 9.59 Å². The number of aryl methyl sites for hydroxylation is 2. The first-order valence-corrected chi connectivity index (χ1v) is 8.13. The van der Waals surface area contributed by atoms with Gasteiger partial charge in [-0.25, -0.2) is 0 Å². The first-order chi connectivity index (χ1) is 11.5. The summed E-state index contributed by atoms with van der Waals surface area (Å²) in [4.78, 5) is 25.6. The van der Waals surface area contributed by atoms with Crippen LogP contribution in [0.25, 0.3) is 0 Å². The highest BCUT2D eigenvalue weighted by atomic mass is 16.2. The third-order valence-corrected chi connectivity index (χ3v) is 4.06. The number of hydrogen-bond acceptors (Lipinski definition) is 2. The van der Waals surface area contributed by atoms with Crippen LogP contribution < -0.4 is 10.2 Å². The number of carbonyl (C=O) groups is 2. The summed E-state index contributed by atoms with van der Waals surface area (Å²) in [5.74, 6) is -0.296. The molecule has 24 heavy (non-hydrogen) atoms. The molecule has 0 radical (unpaired) electrons. The lowest BCUT2D eigenvalue weighted by Crippen LogP contribution is -2.40. The zero-order valence-electron chi connectivity index (χ0n) is 14.5. The van der Waals surface area contributed by atoms with Gasteiger partial charge >= 0.3 is 0 Å². The number of nitrogens with one attached hydrogen (secondary N) is 1. The lowest BCUT2D eigenvalue weighted by atomic mass is 10.1. The maximum atomic E-state index is 12.2. The van der Waals surface area contributed by atoms with Crippen LogP contribution in [0, 0.1) is 13.8 Å². The molecule has 0 aliphatic heterocycles. The van der Waals surface area contributed by atoms with Gasteiger partial charge in [-0.05, 0) is 49.1 Å². The monoisotopic (exact) mass is 324 g/mol. The van der Waals surface area contributed by atoms with Gasteiger partial charge < -0.3 is 10.2 Å². The van der Waals surface area contributed by atoms with Crippen LogP contribution in [0.3, 0.4) is 0 Å². The maximum absolute atomic E-state index is 12.2.